The van der Waals surface area contributed by atoms with Gasteiger partial charge in [-0.1, -0.05) is 53.0 Å². The quantitative estimate of drug-likeness (QED) is 0.492. The van der Waals surface area contributed by atoms with Crippen molar-refractivity contribution < 1.29 is 13.2 Å². The highest BCUT2D eigenvalue weighted by Gasteiger charge is 2.28. The van der Waals surface area contributed by atoms with Crippen LogP contribution in [0.4, 0.5) is 11.4 Å². The zero-order valence-electron chi connectivity index (χ0n) is 17.3. The van der Waals surface area contributed by atoms with Crippen LogP contribution in [-0.4, -0.2) is 20.9 Å². The highest BCUT2D eigenvalue weighted by molar-refractivity contribution is 7.92. The summed E-state index contributed by atoms with van der Waals surface area (Å²) in [5.41, 5.74) is 3.43. The van der Waals surface area contributed by atoms with E-state index in [1.54, 1.807) is 42.5 Å². The van der Waals surface area contributed by atoms with E-state index in [1.807, 2.05) is 26.8 Å². The number of hydrogen-bond donors (Lipinski definition) is 1. The third-order valence-corrected chi connectivity index (χ3v) is 7.22. The lowest BCUT2D eigenvalue weighted by Gasteiger charge is -2.25. The minimum absolute atomic E-state index is 0.103. The van der Waals surface area contributed by atoms with E-state index in [-0.39, 0.29) is 14.9 Å². The molecule has 3 aromatic carbocycles. The third-order valence-electron chi connectivity index (χ3n) is 4.62. The van der Waals surface area contributed by atoms with Gasteiger partial charge in [0.2, 0.25) is 5.91 Å². The number of amides is 1. The first-order chi connectivity index (χ1) is 14.6. The van der Waals surface area contributed by atoms with E-state index in [2.05, 4.69) is 5.32 Å². The predicted molar refractivity (Wildman–Crippen MR) is 127 cm³/mol. The van der Waals surface area contributed by atoms with Crippen LogP contribution in [0.1, 0.15) is 16.7 Å². The summed E-state index contributed by atoms with van der Waals surface area (Å²) in [7, 11) is -4.00. The number of sulfonamides is 1. The summed E-state index contributed by atoms with van der Waals surface area (Å²) in [6.07, 6.45) is 0. The summed E-state index contributed by atoms with van der Waals surface area (Å²) in [6, 6.07) is 16.8. The molecular formula is C23H22Cl2N2O3S. The van der Waals surface area contributed by atoms with Gasteiger partial charge in [0.15, 0.2) is 0 Å². The molecular weight excluding hydrogens is 455 g/mol. The number of nitrogens with zero attached hydrogens (tertiary/aromatic N) is 1. The molecule has 8 heteroatoms. The maximum atomic E-state index is 13.5. The normalized spacial score (nSPS) is 11.3. The van der Waals surface area contributed by atoms with Crippen molar-refractivity contribution in [1.82, 2.24) is 0 Å². The van der Waals surface area contributed by atoms with E-state index in [4.69, 9.17) is 23.2 Å². The van der Waals surface area contributed by atoms with Gasteiger partial charge in [0.05, 0.1) is 26.3 Å². The van der Waals surface area contributed by atoms with Crippen LogP contribution in [0.3, 0.4) is 0 Å². The molecule has 5 nitrogen and oxygen atoms in total. The first-order valence-corrected chi connectivity index (χ1v) is 11.7. The van der Waals surface area contributed by atoms with Crippen LogP contribution in [0.2, 0.25) is 10.0 Å². The van der Waals surface area contributed by atoms with Crippen molar-refractivity contribution in [3.05, 3.63) is 87.4 Å². The van der Waals surface area contributed by atoms with Crippen LogP contribution in [0.25, 0.3) is 0 Å². The number of anilines is 2. The van der Waals surface area contributed by atoms with Crippen molar-refractivity contribution in [2.75, 3.05) is 16.2 Å². The van der Waals surface area contributed by atoms with E-state index in [0.29, 0.717) is 11.4 Å². The van der Waals surface area contributed by atoms with Crippen LogP contribution in [-0.2, 0) is 14.8 Å². The van der Waals surface area contributed by atoms with Crippen LogP contribution in [0, 0.1) is 20.8 Å². The van der Waals surface area contributed by atoms with Gasteiger partial charge in [0.1, 0.15) is 6.54 Å². The molecule has 0 radical (unpaired) electrons. The van der Waals surface area contributed by atoms with E-state index >= 15 is 0 Å². The average molecular weight is 477 g/mol. The zero-order valence-corrected chi connectivity index (χ0v) is 19.6. The van der Waals surface area contributed by atoms with Gasteiger partial charge in [-0.25, -0.2) is 8.42 Å². The maximum absolute atomic E-state index is 13.5. The Labute approximate surface area is 192 Å². The van der Waals surface area contributed by atoms with Gasteiger partial charge < -0.3 is 5.32 Å². The first kappa shape index (κ1) is 23.1. The van der Waals surface area contributed by atoms with Crippen molar-refractivity contribution in [3.8, 4) is 0 Å². The smallest absolute Gasteiger partial charge is 0.264 e. The molecule has 3 aromatic rings. The van der Waals surface area contributed by atoms with E-state index in [9.17, 15) is 13.2 Å². The number of hydrogen-bond acceptors (Lipinski definition) is 3. The molecule has 0 aliphatic rings. The Morgan fingerprint density at radius 2 is 1.52 bits per heavy atom. The summed E-state index contributed by atoms with van der Waals surface area (Å²) in [5, 5.41) is 3.13. The molecule has 1 amide bonds. The van der Waals surface area contributed by atoms with Gasteiger partial charge in [-0.05, 0) is 68.3 Å². The van der Waals surface area contributed by atoms with Crippen molar-refractivity contribution in [1.29, 1.82) is 0 Å². The summed E-state index contributed by atoms with van der Waals surface area (Å²) in [5.74, 6) is -0.543. The third kappa shape index (κ3) is 5.39. The monoisotopic (exact) mass is 476 g/mol. The number of aryl methyl sites for hydroxylation is 3. The number of benzene rings is 3. The molecule has 0 spiro atoms. The highest BCUT2D eigenvalue weighted by atomic mass is 35.5. The Morgan fingerprint density at radius 1 is 0.903 bits per heavy atom. The zero-order chi connectivity index (χ0) is 22.8. The van der Waals surface area contributed by atoms with E-state index in [0.717, 1.165) is 21.0 Å². The second kappa shape index (κ2) is 9.30. The number of halogens is 2. The largest absolute Gasteiger partial charge is 0.323 e. The average Bonchev–Trinajstić information content (AvgIpc) is 2.69. The fourth-order valence-electron chi connectivity index (χ4n) is 3.17. The summed E-state index contributed by atoms with van der Waals surface area (Å²) >= 11 is 12.2. The molecule has 3 rings (SSSR count). The van der Waals surface area contributed by atoms with Gasteiger partial charge >= 0.3 is 0 Å². The number of nitrogens with one attached hydrogen (secondary N) is 1. The summed E-state index contributed by atoms with van der Waals surface area (Å²) in [6.45, 7) is 5.19. The van der Waals surface area contributed by atoms with Crippen molar-refractivity contribution in [2.24, 2.45) is 0 Å². The Bertz CT molecular complexity index is 1210. The standard InChI is InChI=1S/C23H22Cl2N2O3S/c1-15-7-9-19(10-8-15)31(29,30)27(18-12-16(2)11-17(3)13-18)14-22(28)26-21-6-4-5-20(24)23(21)25/h4-13H,14H2,1-3H3,(H,26,28). The van der Waals surface area contributed by atoms with Crippen LogP contribution < -0.4 is 9.62 Å². The van der Waals surface area contributed by atoms with Gasteiger partial charge in [-0.2, -0.15) is 0 Å². The minimum Gasteiger partial charge on any atom is -0.323 e. The molecule has 0 atom stereocenters. The molecule has 0 unspecified atom stereocenters. The van der Waals surface area contributed by atoms with Crippen molar-refractivity contribution >= 4 is 50.5 Å². The van der Waals surface area contributed by atoms with Gasteiger partial charge in [-0.15, -0.1) is 0 Å². The number of carbonyl (C=O) groups is 1. The van der Waals surface area contributed by atoms with Crippen molar-refractivity contribution in [3.63, 3.8) is 0 Å². The molecule has 31 heavy (non-hydrogen) atoms. The van der Waals surface area contributed by atoms with E-state index in [1.165, 1.54) is 12.1 Å². The van der Waals surface area contributed by atoms with Crippen LogP contribution in [0.5, 0.6) is 0 Å². The lowest BCUT2D eigenvalue weighted by molar-refractivity contribution is -0.114. The SMILES string of the molecule is Cc1ccc(S(=O)(=O)N(CC(=O)Nc2cccc(Cl)c2Cl)c2cc(C)cc(C)c2)cc1. The van der Waals surface area contributed by atoms with Crippen LogP contribution in [0.15, 0.2) is 65.6 Å². The molecule has 1 N–H and O–H groups in total. The second-order valence-corrected chi connectivity index (χ2v) is 9.97. The fraction of sp³-hybridized carbons (Fsp3) is 0.174. The minimum atomic E-state index is -4.00. The Hall–Kier alpha value is -2.54. The van der Waals surface area contributed by atoms with Crippen LogP contribution >= 0.6 is 23.2 Å². The molecule has 0 bridgehead atoms. The first-order valence-electron chi connectivity index (χ1n) is 9.49. The topological polar surface area (TPSA) is 66.5 Å². The maximum Gasteiger partial charge on any atom is 0.264 e. The van der Waals surface area contributed by atoms with Gasteiger partial charge in [0, 0.05) is 0 Å². The molecule has 0 heterocycles. The van der Waals surface area contributed by atoms with E-state index < -0.39 is 22.5 Å². The second-order valence-electron chi connectivity index (χ2n) is 7.32. The lowest BCUT2D eigenvalue weighted by atomic mass is 10.1. The molecule has 162 valence electrons. The molecule has 0 saturated carbocycles. The predicted octanol–water partition coefficient (Wildman–Crippen LogP) is 5.75. The lowest BCUT2D eigenvalue weighted by Crippen LogP contribution is -2.38. The Morgan fingerprint density at radius 3 is 2.13 bits per heavy atom. The summed E-state index contributed by atoms with van der Waals surface area (Å²) < 4.78 is 28.1. The summed E-state index contributed by atoms with van der Waals surface area (Å²) in [4.78, 5) is 12.9. The van der Waals surface area contributed by atoms with Crippen molar-refractivity contribution in [2.45, 2.75) is 25.7 Å². The molecule has 0 fully saturated rings. The Balaban J connectivity index is 2.00. The van der Waals surface area contributed by atoms with Gasteiger partial charge in [0.25, 0.3) is 10.0 Å². The molecule has 0 aromatic heterocycles. The Kier molecular flexibility index (Phi) is 6.94. The number of rotatable bonds is 6. The molecule has 0 aliphatic carbocycles. The number of carbonyl (C=O) groups excluding carboxylic acids is 1. The van der Waals surface area contributed by atoms with Gasteiger partial charge in [-0.3, -0.25) is 9.10 Å². The fourth-order valence-corrected chi connectivity index (χ4v) is 4.92. The molecule has 0 aliphatic heterocycles. The molecule has 0 saturated heterocycles. The highest BCUT2D eigenvalue weighted by Crippen LogP contribution is 2.30.